The van der Waals surface area contributed by atoms with Gasteiger partial charge in [0, 0.05) is 11.3 Å². The van der Waals surface area contributed by atoms with Gasteiger partial charge in [0.05, 0.1) is 0 Å². The van der Waals surface area contributed by atoms with Gasteiger partial charge in [-0.15, -0.1) is 18.0 Å². The van der Waals surface area contributed by atoms with Crippen LogP contribution in [-0.2, 0) is 0 Å². The number of rotatable bonds is 0. The molecule has 0 aromatic heterocycles. The van der Waals surface area contributed by atoms with Crippen molar-refractivity contribution in [1.82, 2.24) is 0 Å². The van der Waals surface area contributed by atoms with Crippen molar-refractivity contribution in [2.45, 2.75) is 25.8 Å². The van der Waals surface area contributed by atoms with Gasteiger partial charge in [0.1, 0.15) is 13.9 Å². The van der Waals surface area contributed by atoms with E-state index in [0.717, 1.165) is 11.3 Å². The molecule has 0 radical (unpaired) electrons. The highest BCUT2D eigenvalue weighted by Crippen LogP contribution is 2.20. The Balaban J connectivity index is 0.00000162. The maximum atomic E-state index is 5.93. The maximum absolute atomic E-state index is 5.93. The molecule has 3 N–H and O–H groups in total. The molecule has 1 atom stereocenters. The zero-order valence-corrected chi connectivity index (χ0v) is 12.6. The lowest BCUT2D eigenvalue weighted by Crippen LogP contribution is -2.29. The summed E-state index contributed by atoms with van der Waals surface area (Å²) in [5, 5.41) is 3.28. The van der Waals surface area contributed by atoms with E-state index in [0.29, 0.717) is 5.84 Å². The van der Waals surface area contributed by atoms with Crippen molar-refractivity contribution in [3.63, 3.8) is 0 Å². The summed E-state index contributed by atoms with van der Waals surface area (Å²) in [6.45, 7) is 6.64. The van der Waals surface area contributed by atoms with E-state index in [1.54, 1.807) is 0 Å². The molecule has 0 aliphatic carbocycles. The van der Waals surface area contributed by atoms with Gasteiger partial charge in [-0.2, -0.15) is 0 Å². The summed E-state index contributed by atoms with van der Waals surface area (Å²) in [5.41, 5.74) is 11.2. The first-order valence-electron chi connectivity index (χ1n) is 5.68. The van der Waals surface area contributed by atoms with Crippen LogP contribution in [0.2, 0.25) is 19.6 Å². The molecule has 0 spiro atoms. The first kappa shape index (κ1) is 14.6. The molecule has 1 aliphatic heterocycles. The number of hydrogen-bond acceptors (Lipinski definition) is 3. The van der Waals surface area contributed by atoms with Crippen LogP contribution < -0.4 is 11.1 Å². The molecule has 1 unspecified atom stereocenters. The van der Waals surface area contributed by atoms with E-state index in [4.69, 9.17) is 5.73 Å². The third-order valence-corrected chi connectivity index (χ3v) is 3.24. The quantitative estimate of drug-likeness (QED) is 0.566. The van der Waals surface area contributed by atoms with E-state index >= 15 is 0 Å². The van der Waals surface area contributed by atoms with Crippen molar-refractivity contribution < 1.29 is 0 Å². The van der Waals surface area contributed by atoms with Crippen LogP contribution in [0, 0.1) is 11.5 Å². The van der Waals surface area contributed by atoms with Crippen LogP contribution in [0.4, 0.5) is 5.69 Å². The van der Waals surface area contributed by atoms with Gasteiger partial charge in [-0.3, -0.25) is 0 Å². The van der Waals surface area contributed by atoms with Crippen molar-refractivity contribution in [2.75, 3.05) is 5.32 Å². The number of halogens is 1. The van der Waals surface area contributed by atoms with E-state index < -0.39 is 8.07 Å². The minimum absolute atomic E-state index is 0. The van der Waals surface area contributed by atoms with Crippen molar-refractivity contribution >= 4 is 32.0 Å². The number of amidine groups is 1. The highest BCUT2D eigenvalue weighted by Gasteiger charge is 2.16. The van der Waals surface area contributed by atoms with E-state index in [1.807, 2.05) is 24.3 Å². The summed E-state index contributed by atoms with van der Waals surface area (Å²) in [6, 6.07) is 7.90. The number of nitrogens with one attached hydrogen (secondary N) is 1. The molecule has 5 heteroatoms. The average Bonchev–Trinajstić information content (AvgIpc) is 2.26. The van der Waals surface area contributed by atoms with Gasteiger partial charge in [-0.25, -0.2) is 4.99 Å². The molecule has 1 aromatic rings. The molecule has 0 amide bonds. The predicted molar refractivity (Wildman–Crippen MR) is 82.9 cm³/mol. The van der Waals surface area contributed by atoms with Crippen molar-refractivity contribution in [2.24, 2.45) is 10.7 Å². The smallest absolute Gasteiger partial charge is 0.183 e. The highest BCUT2D eigenvalue weighted by molar-refractivity contribution is 6.83. The first-order chi connectivity index (χ1) is 7.96. The fourth-order valence-electron chi connectivity index (χ4n) is 1.57. The fraction of sp³-hybridized carbons (Fsp3) is 0.308. The monoisotopic (exact) mass is 279 g/mol. The van der Waals surface area contributed by atoms with Crippen LogP contribution in [0.3, 0.4) is 0 Å². The van der Waals surface area contributed by atoms with Crippen LogP contribution >= 0.6 is 12.4 Å². The first-order valence-corrected chi connectivity index (χ1v) is 9.18. The molecular formula is C13H18ClN3Si. The van der Waals surface area contributed by atoms with Gasteiger partial charge in [0.25, 0.3) is 0 Å². The molecule has 1 aliphatic rings. The Morgan fingerprint density at radius 2 is 1.94 bits per heavy atom. The lowest BCUT2D eigenvalue weighted by Gasteiger charge is -2.20. The van der Waals surface area contributed by atoms with E-state index in [-0.39, 0.29) is 18.6 Å². The largest absolute Gasteiger partial charge is 0.383 e. The van der Waals surface area contributed by atoms with Gasteiger partial charge in [0.2, 0.25) is 0 Å². The van der Waals surface area contributed by atoms with E-state index in [2.05, 4.69) is 41.4 Å². The molecular weight excluding hydrogens is 262 g/mol. The number of nitrogens with zero attached hydrogens (tertiary/aromatic N) is 1. The zero-order chi connectivity index (χ0) is 12.5. The molecule has 2 rings (SSSR count). The number of anilines is 1. The fourth-order valence-corrected chi connectivity index (χ4v) is 2.14. The third-order valence-electron chi connectivity index (χ3n) is 2.35. The molecule has 1 heterocycles. The molecule has 96 valence electrons. The summed E-state index contributed by atoms with van der Waals surface area (Å²) >= 11 is 0. The van der Waals surface area contributed by atoms with Gasteiger partial charge >= 0.3 is 0 Å². The molecule has 0 bridgehead atoms. The molecule has 0 saturated carbocycles. The van der Waals surface area contributed by atoms with Crippen molar-refractivity contribution in [3.8, 4) is 11.5 Å². The Kier molecular flexibility index (Phi) is 4.44. The highest BCUT2D eigenvalue weighted by atomic mass is 35.5. The zero-order valence-electron chi connectivity index (χ0n) is 10.8. The summed E-state index contributed by atoms with van der Waals surface area (Å²) in [7, 11) is -1.37. The molecule has 1 aromatic carbocycles. The standard InChI is InChI=1S/C13H17N3Si.ClH/c1-17(2,3)9-8-12-15-11-7-5-4-6-10(11)13(14)16-12;/h4-7,12,15H,1-3H3,(H2,14,16);1H. The van der Waals surface area contributed by atoms with E-state index in [1.165, 1.54) is 0 Å². The SMILES string of the molecule is C[Si](C)(C)C#CC1N=C(N)c2ccccc2N1.Cl. The second-order valence-corrected chi connectivity index (χ2v) is 9.88. The number of para-hydroxylation sites is 1. The van der Waals surface area contributed by atoms with Gasteiger partial charge in [-0.05, 0) is 12.1 Å². The second-order valence-electron chi connectivity index (χ2n) is 5.13. The van der Waals surface area contributed by atoms with Crippen LogP contribution in [0.5, 0.6) is 0 Å². The lowest BCUT2D eigenvalue weighted by molar-refractivity contribution is 0.955. The van der Waals surface area contributed by atoms with Crippen LogP contribution in [0.1, 0.15) is 5.56 Å². The normalized spacial score (nSPS) is 17.3. The molecule has 0 fully saturated rings. The van der Waals surface area contributed by atoms with Crippen molar-refractivity contribution in [1.29, 1.82) is 0 Å². The third kappa shape index (κ3) is 3.52. The Bertz CT molecular complexity index is 523. The number of nitrogens with two attached hydrogens (primary N) is 1. The summed E-state index contributed by atoms with van der Waals surface area (Å²) < 4.78 is 0. The number of fused-ring (bicyclic) bond motifs is 1. The van der Waals surface area contributed by atoms with Gasteiger partial charge in [-0.1, -0.05) is 37.7 Å². The van der Waals surface area contributed by atoms with Crippen LogP contribution in [0.15, 0.2) is 29.3 Å². The average molecular weight is 280 g/mol. The summed E-state index contributed by atoms with van der Waals surface area (Å²) in [6.07, 6.45) is -0.211. The minimum atomic E-state index is -1.37. The summed E-state index contributed by atoms with van der Waals surface area (Å²) in [4.78, 5) is 4.36. The lowest BCUT2D eigenvalue weighted by atomic mass is 10.1. The Labute approximate surface area is 115 Å². The minimum Gasteiger partial charge on any atom is -0.383 e. The predicted octanol–water partition coefficient (Wildman–Crippen LogP) is 2.45. The number of aliphatic imine (C=N–C) groups is 1. The molecule has 0 saturated heterocycles. The molecule has 18 heavy (non-hydrogen) atoms. The Morgan fingerprint density at radius 3 is 2.61 bits per heavy atom. The van der Waals surface area contributed by atoms with Crippen LogP contribution in [-0.4, -0.2) is 20.1 Å². The Hall–Kier alpha value is -1.44. The topological polar surface area (TPSA) is 50.4 Å². The summed E-state index contributed by atoms with van der Waals surface area (Å²) in [5.74, 6) is 3.73. The maximum Gasteiger partial charge on any atom is 0.183 e. The van der Waals surface area contributed by atoms with E-state index in [9.17, 15) is 0 Å². The van der Waals surface area contributed by atoms with Gasteiger partial charge in [0.15, 0.2) is 6.17 Å². The van der Waals surface area contributed by atoms with Crippen LogP contribution in [0.25, 0.3) is 0 Å². The van der Waals surface area contributed by atoms with Crippen molar-refractivity contribution in [3.05, 3.63) is 29.8 Å². The molecule has 3 nitrogen and oxygen atoms in total. The number of benzene rings is 1. The number of hydrogen-bond donors (Lipinski definition) is 2. The Morgan fingerprint density at radius 1 is 1.28 bits per heavy atom. The second kappa shape index (κ2) is 5.47. The van der Waals surface area contributed by atoms with Gasteiger partial charge < -0.3 is 11.1 Å².